The van der Waals surface area contributed by atoms with Gasteiger partial charge in [-0.1, -0.05) is 91.6 Å². The fourth-order valence-corrected chi connectivity index (χ4v) is 2.78. The maximum Gasteiger partial charge on any atom is 0.333 e. The Morgan fingerprint density at radius 1 is 0.870 bits per heavy atom. The molecule has 136 valence electrons. The summed E-state index contributed by atoms with van der Waals surface area (Å²) < 4.78 is 5.16. The van der Waals surface area contributed by atoms with Crippen LogP contribution in [0.15, 0.2) is 12.2 Å². The van der Waals surface area contributed by atoms with Crippen molar-refractivity contribution >= 4 is 5.97 Å². The molecule has 0 amide bonds. The summed E-state index contributed by atoms with van der Waals surface area (Å²) in [5, 5.41) is 0. The minimum Gasteiger partial charge on any atom is -0.462 e. The third-order valence-corrected chi connectivity index (χ3v) is 4.65. The zero-order valence-corrected chi connectivity index (χ0v) is 16.2. The lowest BCUT2D eigenvalue weighted by Gasteiger charge is -2.15. The van der Waals surface area contributed by atoms with Crippen molar-refractivity contribution in [2.45, 2.75) is 98.3 Å². The topological polar surface area (TPSA) is 26.3 Å². The molecule has 2 heteroatoms. The van der Waals surface area contributed by atoms with Crippen LogP contribution in [0.3, 0.4) is 0 Å². The van der Waals surface area contributed by atoms with E-state index in [1.165, 1.54) is 64.2 Å². The Hall–Kier alpha value is -0.790. The van der Waals surface area contributed by atoms with E-state index in [1.807, 2.05) is 0 Å². The average molecular weight is 325 g/mol. The molecule has 0 fully saturated rings. The number of rotatable bonds is 15. The van der Waals surface area contributed by atoms with Gasteiger partial charge in [0.25, 0.3) is 0 Å². The summed E-state index contributed by atoms with van der Waals surface area (Å²) in [7, 11) is 0. The molecule has 0 spiro atoms. The smallest absolute Gasteiger partial charge is 0.333 e. The molecule has 0 saturated carbocycles. The standard InChI is InChI=1S/C21H40O2/c1-6-7-8-9-10-11-12-13-19(4)14-15-20(5)16-17-23-21(22)18(2)3/h19-20H,2,6-17H2,1,3-5H3. The molecule has 0 N–H and O–H groups in total. The Bertz CT molecular complexity index is 309. The minimum atomic E-state index is -0.260. The third kappa shape index (κ3) is 14.5. The van der Waals surface area contributed by atoms with Gasteiger partial charge in [0.1, 0.15) is 0 Å². The number of carbonyl (C=O) groups excluding carboxylic acids is 1. The monoisotopic (exact) mass is 324 g/mol. The molecular formula is C21H40O2. The molecule has 0 aromatic rings. The lowest BCUT2D eigenvalue weighted by molar-refractivity contribution is -0.139. The zero-order valence-electron chi connectivity index (χ0n) is 16.2. The lowest BCUT2D eigenvalue weighted by Crippen LogP contribution is -2.09. The van der Waals surface area contributed by atoms with Gasteiger partial charge in [-0.3, -0.25) is 0 Å². The van der Waals surface area contributed by atoms with Gasteiger partial charge >= 0.3 is 5.97 Å². The Morgan fingerprint density at radius 3 is 1.96 bits per heavy atom. The van der Waals surface area contributed by atoms with Crippen LogP contribution in [0.1, 0.15) is 98.3 Å². The fraction of sp³-hybridized carbons (Fsp3) is 0.857. The number of hydrogen-bond acceptors (Lipinski definition) is 2. The Kier molecular flexibility index (Phi) is 14.3. The van der Waals surface area contributed by atoms with Crippen molar-refractivity contribution in [3.8, 4) is 0 Å². The van der Waals surface area contributed by atoms with E-state index in [4.69, 9.17) is 4.74 Å². The number of carbonyl (C=O) groups is 1. The lowest BCUT2D eigenvalue weighted by atomic mass is 9.92. The first-order valence-corrected chi connectivity index (χ1v) is 9.80. The molecule has 0 heterocycles. The summed E-state index contributed by atoms with van der Waals surface area (Å²) in [6.45, 7) is 12.7. The fourth-order valence-electron chi connectivity index (χ4n) is 2.78. The quantitative estimate of drug-likeness (QED) is 0.190. The average Bonchev–Trinajstić information content (AvgIpc) is 2.51. The predicted octanol–water partition coefficient (Wildman–Crippen LogP) is 6.69. The molecule has 0 aromatic carbocycles. The molecule has 0 bridgehead atoms. The second-order valence-corrected chi connectivity index (χ2v) is 7.40. The van der Waals surface area contributed by atoms with Crippen molar-refractivity contribution in [3.05, 3.63) is 12.2 Å². The van der Waals surface area contributed by atoms with Crippen LogP contribution in [0.4, 0.5) is 0 Å². The van der Waals surface area contributed by atoms with Gasteiger partial charge in [0.15, 0.2) is 0 Å². The number of ether oxygens (including phenoxy) is 1. The normalized spacial score (nSPS) is 13.6. The van der Waals surface area contributed by atoms with Crippen LogP contribution in [0.2, 0.25) is 0 Å². The maximum atomic E-state index is 11.3. The second kappa shape index (κ2) is 14.8. The van der Waals surface area contributed by atoms with E-state index in [2.05, 4.69) is 27.4 Å². The SMILES string of the molecule is C=C(C)C(=O)OCCC(C)CCC(C)CCCCCCCCC. The van der Waals surface area contributed by atoms with E-state index in [0.717, 1.165) is 12.3 Å². The van der Waals surface area contributed by atoms with Crippen LogP contribution < -0.4 is 0 Å². The summed E-state index contributed by atoms with van der Waals surface area (Å²) in [4.78, 5) is 11.3. The molecule has 0 radical (unpaired) electrons. The molecule has 0 aliphatic carbocycles. The first-order chi connectivity index (χ1) is 11.0. The van der Waals surface area contributed by atoms with Gasteiger partial charge in [0, 0.05) is 5.57 Å². The summed E-state index contributed by atoms with van der Waals surface area (Å²) in [5.74, 6) is 1.19. The van der Waals surface area contributed by atoms with Crippen LogP contribution in [0.5, 0.6) is 0 Å². The van der Waals surface area contributed by atoms with Gasteiger partial charge < -0.3 is 4.74 Å². The molecule has 23 heavy (non-hydrogen) atoms. The largest absolute Gasteiger partial charge is 0.462 e. The Labute approximate surface area is 145 Å². The summed E-state index contributed by atoms with van der Waals surface area (Å²) in [5.41, 5.74) is 0.487. The van der Waals surface area contributed by atoms with E-state index in [0.29, 0.717) is 18.1 Å². The molecule has 0 rings (SSSR count). The van der Waals surface area contributed by atoms with Gasteiger partial charge in [-0.25, -0.2) is 4.79 Å². The van der Waals surface area contributed by atoms with Crippen LogP contribution >= 0.6 is 0 Å². The highest BCUT2D eigenvalue weighted by Crippen LogP contribution is 2.20. The molecule has 0 aliphatic heterocycles. The maximum absolute atomic E-state index is 11.3. The Morgan fingerprint density at radius 2 is 1.39 bits per heavy atom. The molecule has 0 aliphatic rings. The number of hydrogen-bond donors (Lipinski definition) is 0. The van der Waals surface area contributed by atoms with E-state index in [9.17, 15) is 4.79 Å². The van der Waals surface area contributed by atoms with Crippen LogP contribution in [-0.4, -0.2) is 12.6 Å². The van der Waals surface area contributed by atoms with Crippen molar-refractivity contribution in [2.75, 3.05) is 6.61 Å². The first-order valence-electron chi connectivity index (χ1n) is 9.80. The van der Waals surface area contributed by atoms with Crippen molar-refractivity contribution in [2.24, 2.45) is 11.8 Å². The number of esters is 1. The van der Waals surface area contributed by atoms with Gasteiger partial charge in [0.2, 0.25) is 0 Å². The molecule has 2 nitrogen and oxygen atoms in total. The van der Waals surface area contributed by atoms with E-state index in [1.54, 1.807) is 6.92 Å². The highest BCUT2D eigenvalue weighted by atomic mass is 16.5. The highest BCUT2D eigenvalue weighted by Gasteiger charge is 2.09. The van der Waals surface area contributed by atoms with Gasteiger partial charge in [0.05, 0.1) is 6.61 Å². The van der Waals surface area contributed by atoms with Crippen molar-refractivity contribution < 1.29 is 9.53 Å². The molecule has 0 aromatic heterocycles. The second-order valence-electron chi connectivity index (χ2n) is 7.40. The van der Waals surface area contributed by atoms with Crippen LogP contribution in [-0.2, 0) is 9.53 Å². The predicted molar refractivity (Wildman–Crippen MR) is 101 cm³/mol. The van der Waals surface area contributed by atoms with Crippen molar-refractivity contribution in [1.29, 1.82) is 0 Å². The van der Waals surface area contributed by atoms with Gasteiger partial charge in [-0.2, -0.15) is 0 Å². The van der Waals surface area contributed by atoms with Crippen molar-refractivity contribution in [3.63, 3.8) is 0 Å². The van der Waals surface area contributed by atoms with Crippen molar-refractivity contribution in [1.82, 2.24) is 0 Å². The molecule has 2 unspecified atom stereocenters. The summed E-state index contributed by atoms with van der Waals surface area (Å²) in [6.07, 6.45) is 14.6. The van der Waals surface area contributed by atoms with E-state index < -0.39 is 0 Å². The van der Waals surface area contributed by atoms with E-state index >= 15 is 0 Å². The highest BCUT2D eigenvalue weighted by molar-refractivity contribution is 5.86. The molecule has 2 atom stereocenters. The third-order valence-electron chi connectivity index (χ3n) is 4.65. The van der Waals surface area contributed by atoms with E-state index in [-0.39, 0.29) is 5.97 Å². The molecule has 0 saturated heterocycles. The minimum absolute atomic E-state index is 0.260. The zero-order chi connectivity index (χ0) is 17.5. The van der Waals surface area contributed by atoms with Crippen LogP contribution in [0.25, 0.3) is 0 Å². The van der Waals surface area contributed by atoms with Gasteiger partial charge in [-0.05, 0) is 25.2 Å². The summed E-state index contributed by atoms with van der Waals surface area (Å²) >= 11 is 0. The van der Waals surface area contributed by atoms with Gasteiger partial charge in [-0.15, -0.1) is 0 Å². The Balaban J connectivity index is 3.48. The molecular weight excluding hydrogens is 284 g/mol. The van der Waals surface area contributed by atoms with Crippen LogP contribution in [0, 0.1) is 11.8 Å². The summed E-state index contributed by atoms with van der Waals surface area (Å²) in [6, 6.07) is 0. The number of unbranched alkanes of at least 4 members (excludes halogenated alkanes) is 6. The first kappa shape index (κ1) is 22.2.